The molecule has 0 aliphatic carbocycles. The Kier molecular flexibility index (Phi) is 3.26. The number of ether oxygens (including phenoxy) is 1. The van der Waals surface area contributed by atoms with Gasteiger partial charge in [0.1, 0.15) is 6.10 Å². The third-order valence-electron chi connectivity index (χ3n) is 3.49. The van der Waals surface area contributed by atoms with Crippen molar-refractivity contribution in [3.05, 3.63) is 0 Å². The summed E-state index contributed by atoms with van der Waals surface area (Å²) < 4.78 is 5.70. The molecule has 0 spiro atoms. The quantitative estimate of drug-likeness (QED) is 0.735. The van der Waals surface area contributed by atoms with E-state index in [4.69, 9.17) is 4.74 Å². The normalized spacial score (nSPS) is 31.3. The van der Waals surface area contributed by atoms with E-state index >= 15 is 0 Å². The SMILES string of the molecule is CCC1CCC(C(=O)N(C)C2CNC2)O1. The Balaban J connectivity index is 1.85. The molecule has 1 amide bonds. The van der Waals surface area contributed by atoms with E-state index in [9.17, 15) is 4.79 Å². The standard InChI is InChI=1S/C11H20N2O2/c1-3-9-4-5-10(15-9)11(14)13(2)8-6-12-7-8/h8-10,12H,3-7H2,1-2H3. The third kappa shape index (κ3) is 2.16. The van der Waals surface area contributed by atoms with Crippen molar-refractivity contribution < 1.29 is 9.53 Å². The summed E-state index contributed by atoms with van der Waals surface area (Å²) in [5.41, 5.74) is 0. The zero-order valence-electron chi connectivity index (χ0n) is 9.53. The van der Waals surface area contributed by atoms with Crippen LogP contribution in [0.25, 0.3) is 0 Å². The van der Waals surface area contributed by atoms with Crippen LogP contribution in [-0.2, 0) is 9.53 Å². The summed E-state index contributed by atoms with van der Waals surface area (Å²) in [6.07, 6.45) is 3.05. The van der Waals surface area contributed by atoms with Crippen LogP contribution in [-0.4, -0.2) is 49.2 Å². The summed E-state index contributed by atoms with van der Waals surface area (Å²) in [4.78, 5) is 13.9. The summed E-state index contributed by atoms with van der Waals surface area (Å²) in [6, 6.07) is 0.377. The molecule has 2 unspecified atom stereocenters. The molecule has 2 heterocycles. The minimum Gasteiger partial charge on any atom is -0.365 e. The molecule has 4 heteroatoms. The average molecular weight is 212 g/mol. The highest BCUT2D eigenvalue weighted by Crippen LogP contribution is 2.23. The largest absolute Gasteiger partial charge is 0.365 e. The van der Waals surface area contributed by atoms with Crippen LogP contribution in [0.4, 0.5) is 0 Å². The lowest BCUT2D eigenvalue weighted by molar-refractivity contribution is -0.144. The van der Waals surface area contributed by atoms with Gasteiger partial charge in [-0.15, -0.1) is 0 Å². The molecule has 86 valence electrons. The molecule has 2 rings (SSSR count). The maximum absolute atomic E-state index is 12.0. The molecule has 1 N–H and O–H groups in total. The summed E-state index contributed by atoms with van der Waals surface area (Å²) in [6.45, 7) is 3.95. The summed E-state index contributed by atoms with van der Waals surface area (Å²) in [7, 11) is 1.89. The van der Waals surface area contributed by atoms with Crippen molar-refractivity contribution in [3.8, 4) is 0 Å². The lowest BCUT2D eigenvalue weighted by atomic mass is 10.1. The smallest absolute Gasteiger partial charge is 0.251 e. The summed E-state index contributed by atoms with van der Waals surface area (Å²) in [5.74, 6) is 0.164. The van der Waals surface area contributed by atoms with E-state index in [-0.39, 0.29) is 12.0 Å². The fraction of sp³-hybridized carbons (Fsp3) is 0.909. The maximum atomic E-state index is 12.0. The van der Waals surface area contributed by atoms with Crippen molar-refractivity contribution in [2.45, 2.75) is 44.4 Å². The molecule has 0 bridgehead atoms. The third-order valence-corrected chi connectivity index (χ3v) is 3.49. The van der Waals surface area contributed by atoms with Crippen molar-refractivity contribution in [1.82, 2.24) is 10.2 Å². The molecule has 4 nitrogen and oxygen atoms in total. The second-order valence-electron chi connectivity index (χ2n) is 4.49. The molecular weight excluding hydrogens is 192 g/mol. The van der Waals surface area contributed by atoms with Gasteiger partial charge in [0.15, 0.2) is 0 Å². The van der Waals surface area contributed by atoms with E-state index in [1.807, 2.05) is 11.9 Å². The summed E-state index contributed by atoms with van der Waals surface area (Å²) >= 11 is 0. The van der Waals surface area contributed by atoms with Crippen molar-refractivity contribution in [2.75, 3.05) is 20.1 Å². The highest BCUT2D eigenvalue weighted by molar-refractivity contribution is 5.81. The average Bonchev–Trinajstić information content (AvgIpc) is 2.61. The number of nitrogens with zero attached hydrogens (tertiary/aromatic N) is 1. The van der Waals surface area contributed by atoms with Crippen molar-refractivity contribution in [3.63, 3.8) is 0 Å². The molecule has 2 aliphatic rings. The molecule has 15 heavy (non-hydrogen) atoms. The number of hydrogen-bond acceptors (Lipinski definition) is 3. The molecule has 2 aliphatic heterocycles. The summed E-state index contributed by atoms with van der Waals surface area (Å²) in [5, 5.41) is 3.17. The molecule has 2 saturated heterocycles. The van der Waals surface area contributed by atoms with E-state index in [1.54, 1.807) is 0 Å². The second-order valence-corrected chi connectivity index (χ2v) is 4.49. The van der Waals surface area contributed by atoms with E-state index in [0.29, 0.717) is 12.1 Å². The fourth-order valence-corrected chi connectivity index (χ4v) is 2.14. The van der Waals surface area contributed by atoms with E-state index in [1.165, 1.54) is 0 Å². The number of carbonyl (C=O) groups excluding carboxylic acids is 1. The zero-order valence-corrected chi connectivity index (χ0v) is 9.53. The van der Waals surface area contributed by atoms with Gasteiger partial charge in [0.2, 0.25) is 0 Å². The highest BCUT2D eigenvalue weighted by Gasteiger charge is 2.35. The first-order valence-corrected chi connectivity index (χ1v) is 5.85. The van der Waals surface area contributed by atoms with Gasteiger partial charge in [0, 0.05) is 20.1 Å². The molecule has 2 fully saturated rings. The van der Waals surface area contributed by atoms with Gasteiger partial charge in [0.25, 0.3) is 5.91 Å². The van der Waals surface area contributed by atoms with Gasteiger partial charge < -0.3 is 15.0 Å². The molecule has 0 aromatic carbocycles. The van der Waals surface area contributed by atoms with Crippen molar-refractivity contribution in [2.24, 2.45) is 0 Å². The molecule has 0 saturated carbocycles. The van der Waals surface area contributed by atoms with Gasteiger partial charge in [-0.3, -0.25) is 4.79 Å². The lowest BCUT2D eigenvalue weighted by Gasteiger charge is -2.36. The predicted molar refractivity (Wildman–Crippen MR) is 57.6 cm³/mol. The van der Waals surface area contributed by atoms with Crippen LogP contribution in [0.2, 0.25) is 0 Å². The van der Waals surface area contributed by atoms with E-state index < -0.39 is 0 Å². The Labute approximate surface area is 91.0 Å². The fourth-order valence-electron chi connectivity index (χ4n) is 2.14. The predicted octanol–water partition coefficient (Wildman–Crippen LogP) is 0.374. The molecule has 2 atom stereocenters. The molecule has 0 radical (unpaired) electrons. The lowest BCUT2D eigenvalue weighted by Crippen LogP contribution is -2.59. The van der Waals surface area contributed by atoms with Crippen LogP contribution >= 0.6 is 0 Å². The minimum atomic E-state index is -0.180. The first-order chi connectivity index (χ1) is 7.22. The van der Waals surface area contributed by atoms with Gasteiger partial charge in [-0.05, 0) is 19.3 Å². The van der Waals surface area contributed by atoms with Crippen LogP contribution in [0.5, 0.6) is 0 Å². The number of likely N-dealkylation sites (N-methyl/N-ethyl adjacent to an activating group) is 1. The molecular formula is C11H20N2O2. The number of nitrogens with one attached hydrogen (secondary N) is 1. The van der Waals surface area contributed by atoms with Crippen LogP contribution in [0.3, 0.4) is 0 Å². The van der Waals surface area contributed by atoms with Gasteiger partial charge >= 0.3 is 0 Å². The van der Waals surface area contributed by atoms with Gasteiger partial charge in [-0.25, -0.2) is 0 Å². The molecule has 0 aromatic rings. The molecule has 0 aromatic heterocycles. The Morgan fingerprint density at radius 1 is 1.47 bits per heavy atom. The second kappa shape index (κ2) is 4.49. The Bertz CT molecular complexity index is 241. The first-order valence-electron chi connectivity index (χ1n) is 5.85. The van der Waals surface area contributed by atoms with Gasteiger partial charge in [-0.2, -0.15) is 0 Å². The number of amides is 1. The van der Waals surface area contributed by atoms with Crippen LogP contribution in [0.15, 0.2) is 0 Å². The van der Waals surface area contributed by atoms with Crippen molar-refractivity contribution >= 4 is 5.91 Å². The monoisotopic (exact) mass is 212 g/mol. The zero-order chi connectivity index (χ0) is 10.8. The van der Waals surface area contributed by atoms with E-state index in [0.717, 1.165) is 32.4 Å². The van der Waals surface area contributed by atoms with Crippen LogP contribution in [0.1, 0.15) is 26.2 Å². The Hall–Kier alpha value is -0.610. The van der Waals surface area contributed by atoms with Gasteiger partial charge in [0.05, 0.1) is 12.1 Å². The number of rotatable bonds is 3. The van der Waals surface area contributed by atoms with Crippen LogP contribution in [0, 0.1) is 0 Å². The Morgan fingerprint density at radius 2 is 2.20 bits per heavy atom. The first kappa shape index (κ1) is 10.9. The number of carbonyl (C=O) groups is 1. The van der Waals surface area contributed by atoms with Crippen LogP contribution < -0.4 is 5.32 Å². The van der Waals surface area contributed by atoms with Gasteiger partial charge in [-0.1, -0.05) is 6.92 Å². The highest BCUT2D eigenvalue weighted by atomic mass is 16.5. The minimum absolute atomic E-state index is 0.164. The Morgan fingerprint density at radius 3 is 2.67 bits per heavy atom. The van der Waals surface area contributed by atoms with E-state index in [2.05, 4.69) is 12.2 Å². The maximum Gasteiger partial charge on any atom is 0.251 e. The topological polar surface area (TPSA) is 41.6 Å². The van der Waals surface area contributed by atoms with Crippen molar-refractivity contribution in [1.29, 1.82) is 0 Å². The number of hydrogen-bond donors (Lipinski definition) is 1.